The fourth-order valence-electron chi connectivity index (χ4n) is 3.54. The van der Waals surface area contributed by atoms with Crippen LogP contribution < -0.4 is 5.32 Å². The van der Waals surface area contributed by atoms with Crippen molar-refractivity contribution >= 4 is 27.9 Å². The minimum absolute atomic E-state index is 0.0416. The summed E-state index contributed by atoms with van der Waals surface area (Å²) in [4.78, 5) is 20.8. The van der Waals surface area contributed by atoms with E-state index in [1.54, 1.807) is 6.26 Å². The number of benzene rings is 2. The fraction of sp³-hybridized carbons (Fsp3) is 0.304. The molecule has 0 fully saturated rings. The van der Waals surface area contributed by atoms with Crippen molar-refractivity contribution in [3.05, 3.63) is 65.2 Å². The van der Waals surface area contributed by atoms with Crippen LogP contribution in [0.4, 0.5) is 0 Å². The van der Waals surface area contributed by atoms with Gasteiger partial charge in [0, 0.05) is 10.9 Å². The summed E-state index contributed by atoms with van der Waals surface area (Å²) < 4.78 is 5.66. The van der Waals surface area contributed by atoms with Crippen molar-refractivity contribution in [2.24, 2.45) is 5.92 Å². The molecule has 0 aliphatic heterocycles. The second-order valence-corrected chi connectivity index (χ2v) is 7.80. The van der Waals surface area contributed by atoms with Crippen LogP contribution in [0, 0.1) is 19.8 Å². The first-order valence-corrected chi connectivity index (χ1v) is 9.63. The predicted molar refractivity (Wildman–Crippen MR) is 111 cm³/mol. The molecule has 5 heteroatoms. The Kier molecular flexibility index (Phi) is 4.67. The number of aromatic nitrogens is 2. The van der Waals surface area contributed by atoms with E-state index in [0.29, 0.717) is 0 Å². The van der Waals surface area contributed by atoms with Crippen LogP contribution in [0.3, 0.4) is 0 Å². The number of furan rings is 1. The van der Waals surface area contributed by atoms with Crippen LogP contribution in [0.5, 0.6) is 0 Å². The monoisotopic (exact) mass is 375 g/mol. The number of hydrogen-bond acceptors (Lipinski definition) is 3. The highest BCUT2D eigenvalue weighted by Crippen LogP contribution is 2.26. The van der Waals surface area contributed by atoms with Gasteiger partial charge in [-0.2, -0.15) is 0 Å². The molecule has 1 atom stereocenters. The van der Waals surface area contributed by atoms with Crippen LogP contribution in [0.1, 0.15) is 42.4 Å². The molecule has 0 saturated carbocycles. The number of rotatable bonds is 5. The number of nitrogens with zero attached hydrogens (tertiary/aromatic N) is 1. The second-order valence-electron chi connectivity index (χ2n) is 7.80. The van der Waals surface area contributed by atoms with Crippen LogP contribution >= 0.6 is 0 Å². The Morgan fingerprint density at radius 1 is 1.18 bits per heavy atom. The zero-order valence-corrected chi connectivity index (χ0v) is 16.7. The molecule has 28 heavy (non-hydrogen) atoms. The Labute approximate surface area is 164 Å². The van der Waals surface area contributed by atoms with Crippen molar-refractivity contribution < 1.29 is 9.21 Å². The first-order valence-electron chi connectivity index (χ1n) is 9.63. The number of carbonyl (C=O) groups excluding carboxylic acids is 1. The average Bonchev–Trinajstić information content (AvgIpc) is 3.24. The summed E-state index contributed by atoms with van der Waals surface area (Å²) in [5.74, 6) is 0.948. The third-order valence-corrected chi connectivity index (χ3v) is 5.31. The smallest absolute Gasteiger partial charge is 0.225 e. The van der Waals surface area contributed by atoms with Crippen LogP contribution in [0.25, 0.3) is 22.0 Å². The summed E-state index contributed by atoms with van der Waals surface area (Å²) in [6.45, 7) is 8.29. The number of aromatic amines is 1. The molecule has 0 saturated heterocycles. The molecule has 4 rings (SSSR count). The van der Waals surface area contributed by atoms with E-state index < -0.39 is 0 Å². The molecule has 0 aliphatic carbocycles. The van der Waals surface area contributed by atoms with Gasteiger partial charge >= 0.3 is 0 Å². The summed E-state index contributed by atoms with van der Waals surface area (Å²) in [5, 5.41) is 4.15. The maximum atomic E-state index is 12.8. The van der Waals surface area contributed by atoms with Gasteiger partial charge in [0.15, 0.2) is 0 Å². The Morgan fingerprint density at radius 3 is 2.68 bits per heavy atom. The molecule has 1 amide bonds. The van der Waals surface area contributed by atoms with Gasteiger partial charge in [-0.05, 0) is 55.2 Å². The van der Waals surface area contributed by atoms with Crippen LogP contribution in [0.15, 0.2) is 47.1 Å². The number of amides is 1. The van der Waals surface area contributed by atoms with Gasteiger partial charge in [0.2, 0.25) is 5.91 Å². The van der Waals surface area contributed by atoms with E-state index in [9.17, 15) is 4.79 Å². The zero-order valence-electron chi connectivity index (χ0n) is 16.7. The highest BCUT2D eigenvalue weighted by Gasteiger charge is 2.22. The molecule has 2 aromatic heterocycles. The van der Waals surface area contributed by atoms with Crippen LogP contribution in [0.2, 0.25) is 0 Å². The number of nitrogens with one attached hydrogen (secondary N) is 2. The lowest BCUT2D eigenvalue weighted by Gasteiger charge is -2.20. The normalized spacial score (nSPS) is 12.8. The maximum absolute atomic E-state index is 12.8. The molecule has 144 valence electrons. The molecule has 0 radical (unpaired) electrons. The fourth-order valence-corrected chi connectivity index (χ4v) is 3.54. The van der Waals surface area contributed by atoms with Crippen molar-refractivity contribution in [2.75, 3.05) is 0 Å². The summed E-state index contributed by atoms with van der Waals surface area (Å²) in [7, 11) is 0. The minimum atomic E-state index is -0.179. The molecule has 2 aromatic carbocycles. The van der Waals surface area contributed by atoms with Crippen molar-refractivity contribution in [3.63, 3.8) is 0 Å². The van der Waals surface area contributed by atoms with Crippen molar-refractivity contribution in [2.45, 2.75) is 40.2 Å². The van der Waals surface area contributed by atoms with Crippen LogP contribution in [-0.2, 0) is 11.2 Å². The number of hydrogen-bond donors (Lipinski definition) is 2. The molecular weight excluding hydrogens is 350 g/mol. The lowest BCUT2D eigenvalue weighted by atomic mass is 10.0. The molecule has 5 nitrogen and oxygen atoms in total. The van der Waals surface area contributed by atoms with Gasteiger partial charge in [-0.3, -0.25) is 4.79 Å². The topological polar surface area (TPSA) is 70.9 Å². The lowest BCUT2D eigenvalue weighted by Crippen LogP contribution is -2.33. The van der Waals surface area contributed by atoms with Gasteiger partial charge in [0.25, 0.3) is 0 Å². The first-order chi connectivity index (χ1) is 13.4. The number of fused-ring (bicyclic) bond motifs is 2. The quantitative estimate of drug-likeness (QED) is 0.517. The number of H-pyrrole nitrogens is 1. The van der Waals surface area contributed by atoms with Gasteiger partial charge in [-0.25, -0.2) is 4.98 Å². The van der Waals surface area contributed by atoms with E-state index in [0.717, 1.165) is 33.4 Å². The highest BCUT2D eigenvalue weighted by molar-refractivity contribution is 5.88. The molecule has 2 N–H and O–H groups in total. The Bertz CT molecular complexity index is 1120. The second kappa shape index (κ2) is 7.15. The van der Waals surface area contributed by atoms with Gasteiger partial charge in [0.1, 0.15) is 11.4 Å². The molecule has 2 heterocycles. The van der Waals surface area contributed by atoms with Gasteiger partial charge in [0.05, 0.1) is 29.8 Å². The number of carbonyl (C=O) groups is 1. The molecule has 1 unspecified atom stereocenters. The van der Waals surface area contributed by atoms with Gasteiger partial charge in [-0.15, -0.1) is 0 Å². The maximum Gasteiger partial charge on any atom is 0.225 e. The van der Waals surface area contributed by atoms with E-state index in [2.05, 4.69) is 49.0 Å². The SMILES string of the molecule is Cc1cc2occ(CC(=O)NC(c3nc4ccccc4[nH]3)C(C)C)c2cc1C. The minimum Gasteiger partial charge on any atom is -0.464 e. The van der Waals surface area contributed by atoms with Gasteiger partial charge in [-0.1, -0.05) is 26.0 Å². The Balaban J connectivity index is 1.56. The Hall–Kier alpha value is -3.08. The summed E-state index contributed by atoms with van der Waals surface area (Å²) in [6, 6.07) is 11.8. The van der Waals surface area contributed by atoms with Crippen molar-refractivity contribution in [1.82, 2.24) is 15.3 Å². The molecule has 0 aliphatic rings. The molecule has 0 spiro atoms. The van der Waals surface area contributed by atoms with Crippen molar-refractivity contribution in [1.29, 1.82) is 0 Å². The summed E-state index contributed by atoms with van der Waals surface area (Å²) >= 11 is 0. The molecule has 0 bridgehead atoms. The third-order valence-electron chi connectivity index (χ3n) is 5.31. The van der Waals surface area contributed by atoms with E-state index in [1.165, 1.54) is 11.1 Å². The van der Waals surface area contributed by atoms with Gasteiger partial charge < -0.3 is 14.7 Å². The van der Waals surface area contributed by atoms with Crippen molar-refractivity contribution in [3.8, 4) is 0 Å². The highest BCUT2D eigenvalue weighted by atomic mass is 16.3. The van der Waals surface area contributed by atoms with E-state index in [-0.39, 0.29) is 24.3 Å². The summed E-state index contributed by atoms with van der Waals surface area (Å²) in [6.07, 6.45) is 1.97. The van der Waals surface area contributed by atoms with E-state index >= 15 is 0 Å². The largest absolute Gasteiger partial charge is 0.464 e. The number of imidazole rings is 1. The standard InChI is InChI=1S/C23H25N3O2/c1-13(2)22(23-24-18-7-5-6-8-19(18)25-23)26-21(27)11-16-12-28-20-10-15(4)14(3)9-17(16)20/h5-10,12-13,22H,11H2,1-4H3,(H,24,25)(H,26,27). The van der Waals surface area contributed by atoms with E-state index in [4.69, 9.17) is 4.42 Å². The lowest BCUT2D eigenvalue weighted by molar-refractivity contribution is -0.121. The van der Waals surface area contributed by atoms with E-state index in [1.807, 2.05) is 30.3 Å². The predicted octanol–water partition coefficient (Wildman–Crippen LogP) is 4.98. The Morgan fingerprint density at radius 2 is 1.93 bits per heavy atom. The zero-order chi connectivity index (χ0) is 19.8. The first kappa shape index (κ1) is 18.3. The molecular formula is C23H25N3O2. The average molecular weight is 375 g/mol. The number of aryl methyl sites for hydroxylation is 2. The van der Waals surface area contributed by atoms with Crippen LogP contribution in [-0.4, -0.2) is 15.9 Å². The summed E-state index contributed by atoms with van der Waals surface area (Å²) in [5.41, 5.74) is 5.99. The number of para-hydroxylation sites is 2. The third kappa shape index (κ3) is 3.40. The molecule has 4 aromatic rings.